The molecule has 0 saturated carbocycles. The average molecular weight is 257 g/mol. The molecule has 0 fully saturated rings. The van der Waals surface area contributed by atoms with E-state index >= 15 is 0 Å². The van der Waals surface area contributed by atoms with Gasteiger partial charge in [0, 0.05) is 18.3 Å². The summed E-state index contributed by atoms with van der Waals surface area (Å²) in [6.07, 6.45) is 2.38. The van der Waals surface area contributed by atoms with Crippen molar-refractivity contribution in [2.75, 3.05) is 5.32 Å². The Morgan fingerprint density at radius 1 is 1.32 bits per heavy atom. The Morgan fingerprint density at radius 2 is 2.16 bits per heavy atom. The maximum absolute atomic E-state index is 10.9. The number of rotatable bonds is 5. The fraction of sp³-hybridized carbons (Fsp3) is 0.214. The second-order valence-electron chi connectivity index (χ2n) is 4.11. The standard InChI is InChI=1S/C14H15N3O2/c1-2-12-7-13(17-9-16-12)15-8-10-4-3-5-11(6-10)14(18)19/h3-7,9H,2,8H2,1H3,(H,18,19)(H,15,16,17). The summed E-state index contributed by atoms with van der Waals surface area (Å²) in [4.78, 5) is 19.1. The van der Waals surface area contributed by atoms with Gasteiger partial charge in [-0.2, -0.15) is 0 Å². The molecule has 0 aliphatic carbocycles. The number of hydrogen-bond donors (Lipinski definition) is 2. The second-order valence-corrected chi connectivity index (χ2v) is 4.11. The molecule has 1 aromatic carbocycles. The van der Waals surface area contributed by atoms with Gasteiger partial charge in [0.15, 0.2) is 0 Å². The summed E-state index contributed by atoms with van der Waals surface area (Å²) in [6.45, 7) is 2.56. The van der Waals surface area contributed by atoms with Gasteiger partial charge in [-0.15, -0.1) is 0 Å². The van der Waals surface area contributed by atoms with Crippen molar-refractivity contribution in [1.29, 1.82) is 0 Å². The van der Waals surface area contributed by atoms with E-state index in [1.165, 1.54) is 6.33 Å². The van der Waals surface area contributed by atoms with Crippen LogP contribution < -0.4 is 5.32 Å². The van der Waals surface area contributed by atoms with Gasteiger partial charge in [-0.1, -0.05) is 19.1 Å². The minimum atomic E-state index is -0.919. The van der Waals surface area contributed by atoms with Crippen molar-refractivity contribution in [1.82, 2.24) is 9.97 Å². The third-order valence-corrected chi connectivity index (χ3v) is 2.73. The summed E-state index contributed by atoms with van der Waals surface area (Å²) in [5, 5.41) is 12.1. The first kappa shape index (κ1) is 13.0. The molecule has 0 atom stereocenters. The highest BCUT2D eigenvalue weighted by molar-refractivity contribution is 5.87. The average Bonchev–Trinajstić information content (AvgIpc) is 2.45. The molecule has 0 unspecified atom stereocenters. The number of aromatic carboxylic acids is 1. The first-order valence-electron chi connectivity index (χ1n) is 6.06. The van der Waals surface area contributed by atoms with E-state index in [2.05, 4.69) is 15.3 Å². The summed E-state index contributed by atoms with van der Waals surface area (Å²) in [5.41, 5.74) is 2.16. The van der Waals surface area contributed by atoms with Crippen LogP contribution in [0, 0.1) is 0 Å². The first-order valence-corrected chi connectivity index (χ1v) is 6.06. The molecule has 2 rings (SSSR count). The summed E-state index contributed by atoms with van der Waals surface area (Å²) < 4.78 is 0. The van der Waals surface area contributed by atoms with E-state index in [9.17, 15) is 4.79 Å². The minimum Gasteiger partial charge on any atom is -0.478 e. The van der Waals surface area contributed by atoms with E-state index in [4.69, 9.17) is 5.11 Å². The zero-order valence-electron chi connectivity index (χ0n) is 10.6. The number of hydrogen-bond acceptors (Lipinski definition) is 4. The van der Waals surface area contributed by atoms with Gasteiger partial charge in [0.05, 0.1) is 5.56 Å². The number of carboxylic acids is 1. The van der Waals surface area contributed by atoms with E-state index < -0.39 is 5.97 Å². The SMILES string of the molecule is CCc1cc(NCc2cccc(C(=O)O)c2)ncn1. The van der Waals surface area contributed by atoms with Crippen LogP contribution in [0.3, 0.4) is 0 Å². The summed E-state index contributed by atoms with van der Waals surface area (Å²) in [5.74, 6) is -0.176. The van der Waals surface area contributed by atoms with E-state index in [0.717, 1.165) is 23.5 Å². The largest absolute Gasteiger partial charge is 0.478 e. The molecule has 1 aromatic heterocycles. The predicted molar refractivity (Wildman–Crippen MR) is 72.1 cm³/mol. The van der Waals surface area contributed by atoms with Crippen LogP contribution in [-0.4, -0.2) is 21.0 Å². The van der Waals surface area contributed by atoms with Crippen LogP contribution >= 0.6 is 0 Å². The van der Waals surface area contributed by atoms with Crippen molar-refractivity contribution >= 4 is 11.8 Å². The molecule has 0 bridgehead atoms. The molecule has 2 aromatic rings. The van der Waals surface area contributed by atoms with Crippen LogP contribution in [0.1, 0.15) is 28.5 Å². The normalized spacial score (nSPS) is 10.2. The van der Waals surface area contributed by atoms with Crippen molar-refractivity contribution in [2.45, 2.75) is 19.9 Å². The molecule has 2 N–H and O–H groups in total. The van der Waals surface area contributed by atoms with Gasteiger partial charge < -0.3 is 10.4 Å². The molecular formula is C14H15N3O2. The molecule has 0 aliphatic rings. The monoisotopic (exact) mass is 257 g/mol. The van der Waals surface area contributed by atoms with Crippen LogP contribution in [0.2, 0.25) is 0 Å². The highest BCUT2D eigenvalue weighted by Crippen LogP contribution is 2.09. The number of aryl methyl sites for hydroxylation is 1. The van der Waals surface area contributed by atoms with Crippen LogP contribution in [0.5, 0.6) is 0 Å². The number of carbonyl (C=O) groups is 1. The third-order valence-electron chi connectivity index (χ3n) is 2.73. The van der Waals surface area contributed by atoms with E-state index in [-0.39, 0.29) is 5.56 Å². The third kappa shape index (κ3) is 3.51. The van der Waals surface area contributed by atoms with Crippen LogP contribution in [0.4, 0.5) is 5.82 Å². The quantitative estimate of drug-likeness (QED) is 0.860. The fourth-order valence-corrected chi connectivity index (χ4v) is 1.69. The van der Waals surface area contributed by atoms with Crippen molar-refractivity contribution in [3.63, 3.8) is 0 Å². The summed E-state index contributed by atoms with van der Waals surface area (Å²) in [7, 11) is 0. The molecule has 0 radical (unpaired) electrons. The molecule has 5 heteroatoms. The van der Waals surface area contributed by atoms with Crippen molar-refractivity contribution in [3.05, 3.63) is 53.5 Å². The predicted octanol–water partition coefficient (Wildman–Crippen LogP) is 2.35. The molecule has 1 heterocycles. The van der Waals surface area contributed by atoms with E-state index in [1.807, 2.05) is 19.1 Å². The van der Waals surface area contributed by atoms with E-state index in [0.29, 0.717) is 6.54 Å². The lowest BCUT2D eigenvalue weighted by molar-refractivity contribution is 0.0697. The Labute approximate surface area is 111 Å². The Balaban J connectivity index is 2.05. The number of aromatic nitrogens is 2. The van der Waals surface area contributed by atoms with Gasteiger partial charge in [-0.25, -0.2) is 14.8 Å². The molecule has 0 spiro atoms. The zero-order chi connectivity index (χ0) is 13.7. The van der Waals surface area contributed by atoms with Crippen molar-refractivity contribution < 1.29 is 9.90 Å². The lowest BCUT2D eigenvalue weighted by Gasteiger charge is -2.07. The highest BCUT2D eigenvalue weighted by Gasteiger charge is 2.03. The Morgan fingerprint density at radius 3 is 2.89 bits per heavy atom. The van der Waals surface area contributed by atoms with Crippen LogP contribution in [0.25, 0.3) is 0 Å². The smallest absolute Gasteiger partial charge is 0.335 e. The number of nitrogens with zero attached hydrogens (tertiary/aromatic N) is 2. The number of nitrogens with one attached hydrogen (secondary N) is 1. The van der Waals surface area contributed by atoms with Crippen molar-refractivity contribution in [2.24, 2.45) is 0 Å². The van der Waals surface area contributed by atoms with Crippen molar-refractivity contribution in [3.8, 4) is 0 Å². The number of benzene rings is 1. The Kier molecular flexibility index (Phi) is 4.07. The van der Waals surface area contributed by atoms with E-state index in [1.54, 1.807) is 18.2 Å². The zero-order valence-corrected chi connectivity index (χ0v) is 10.6. The Hall–Kier alpha value is -2.43. The van der Waals surface area contributed by atoms with Gasteiger partial charge in [-0.3, -0.25) is 0 Å². The summed E-state index contributed by atoms with van der Waals surface area (Å²) >= 11 is 0. The summed E-state index contributed by atoms with van der Waals surface area (Å²) in [6, 6.07) is 8.73. The second kappa shape index (κ2) is 5.95. The first-order chi connectivity index (χ1) is 9.19. The topological polar surface area (TPSA) is 75.1 Å². The molecule has 0 amide bonds. The lowest BCUT2D eigenvalue weighted by Crippen LogP contribution is -2.04. The molecule has 5 nitrogen and oxygen atoms in total. The maximum Gasteiger partial charge on any atom is 0.335 e. The molecule has 0 saturated heterocycles. The minimum absolute atomic E-state index is 0.288. The van der Waals surface area contributed by atoms with Gasteiger partial charge in [0.25, 0.3) is 0 Å². The molecule has 19 heavy (non-hydrogen) atoms. The Bertz CT molecular complexity index is 584. The van der Waals surface area contributed by atoms with Crippen LogP contribution in [-0.2, 0) is 13.0 Å². The molecule has 0 aliphatic heterocycles. The van der Waals surface area contributed by atoms with Gasteiger partial charge in [-0.05, 0) is 24.1 Å². The molecule has 98 valence electrons. The number of anilines is 1. The fourth-order valence-electron chi connectivity index (χ4n) is 1.69. The maximum atomic E-state index is 10.9. The highest BCUT2D eigenvalue weighted by atomic mass is 16.4. The van der Waals surface area contributed by atoms with Gasteiger partial charge in [0.2, 0.25) is 0 Å². The van der Waals surface area contributed by atoms with Crippen LogP contribution in [0.15, 0.2) is 36.7 Å². The van der Waals surface area contributed by atoms with Gasteiger partial charge in [0.1, 0.15) is 12.1 Å². The lowest BCUT2D eigenvalue weighted by atomic mass is 10.1. The van der Waals surface area contributed by atoms with Gasteiger partial charge >= 0.3 is 5.97 Å². The molecular weight excluding hydrogens is 242 g/mol. The number of carboxylic acid groups (broad SMARTS) is 1.